The van der Waals surface area contributed by atoms with Gasteiger partial charge in [0.15, 0.2) is 0 Å². The van der Waals surface area contributed by atoms with Crippen LogP contribution in [0.15, 0.2) is 30.3 Å². The molecule has 0 saturated heterocycles. The molecule has 1 aromatic carbocycles. The lowest BCUT2D eigenvalue weighted by atomic mass is 10.0. The molecule has 0 radical (unpaired) electrons. The number of thiol groups is 1. The van der Waals surface area contributed by atoms with E-state index >= 15 is 0 Å². The summed E-state index contributed by atoms with van der Waals surface area (Å²) in [6.45, 7) is 0. The molecular formula is C9H9F3S. The van der Waals surface area contributed by atoms with Crippen LogP contribution in [0.3, 0.4) is 0 Å². The maximum absolute atomic E-state index is 12.4. The fraction of sp³-hybridized carbons (Fsp3) is 0.333. The van der Waals surface area contributed by atoms with E-state index in [-0.39, 0.29) is 11.3 Å². The zero-order chi connectivity index (χ0) is 9.90. The van der Waals surface area contributed by atoms with Gasteiger partial charge < -0.3 is 0 Å². The van der Waals surface area contributed by atoms with Gasteiger partial charge in [0, 0.05) is 5.75 Å². The fourth-order valence-electron chi connectivity index (χ4n) is 1.08. The second-order valence-electron chi connectivity index (χ2n) is 2.69. The number of hydrogen-bond acceptors (Lipinski definition) is 1. The number of benzene rings is 1. The quantitative estimate of drug-likeness (QED) is 0.705. The maximum atomic E-state index is 12.4. The van der Waals surface area contributed by atoms with Gasteiger partial charge in [-0.15, -0.1) is 0 Å². The number of halogens is 3. The first kappa shape index (κ1) is 10.4. The molecule has 1 aromatic rings. The van der Waals surface area contributed by atoms with E-state index in [1.54, 1.807) is 18.2 Å². The van der Waals surface area contributed by atoms with Gasteiger partial charge >= 0.3 is 6.18 Å². The predicted octanol–water partition coefficient (Wildman–Crippen LogP) is 3.26. The van der Waals surface area contributed by atoms with Crippen molar-refractivity contribution in [2.45, 2.75) is 12.1 Å². The van der Waals surface area contributed by atoms with Crippen molar-refractivity contribution in [1.82, 2.24) is 0 Å². The smallest absolute Gasteiger partial charge is 0.178 e. The highest BCUT2D eigenvalue weighted by Gasteiger charge is 2.39. The lowest BCUT2D eigenvalue weighted by Gasteiger charge is -2.18. The molecule has 0 aliphatic rings. The summed E-state index contributed by atoms with van der Waals surface area (Å²) in [5.74, 6) is -1.68. The van der Waals surface area contributed by atoms with Crippen molar-refractivity contribution in [2.24, 2.45) is 0 Å². The Balaban J connectivity index is 2.92. The molecule has 0 fully saturated rings. The SMILES string of the molecule is FC(F)(F)C(CS)c1ccccc1. The largest absolute Gasteiger partial charge is 0.396 e. The number of hydrogen-bond donors (Lipinski definition) is 1. The molecule has 4 heteroatoms. The van der Waals surface area contributed by atoms with Crippen LogP contribution in [0.2, 0.25) is 0 Å². The summed E-state index contributed by atoms with van der Waals surface area (Å²) in [5, 5.41) is 0. The Hall–Kier alpha value is -0.640. The monoisotopic (exact) mass is 206 g/mol. The second kappa shape index (κ2) is 4.05. The van der Waals surface area contributed by atoms with Crippen LogP contribution in [0.1, 0.15) is 11.5 Å². The molecule has 0 N–H and O–H groups in total. The zero-order valence-corrected chi connectivity index (χ0v) is 7.65. The Bertz CT molecular complexity index is 255. The van der Waals surface area contributed by atoms with Crippen molar-refractivity contribution < 1.29 is 13.2 Å². The highest BCUT2D eigenvalue weighted by molar-refractivity contribution is 7.80. The molecule has 1 rings (SSSR count). The van der Waals surface area contributed by atoms with Crippen LogP contribution in [0.4, 0.5) is 13.2 Å². The van der Waals surface area contributed by atoms with Crippen LogP contribution in [-0.2, 0) is 0 Å². The maximum Gasteiger partial charge on any atom is 0.396 e. The highest BCUT2D eigenvalue weighted by atomic mass is 32.1. The molecule has 1 unspecified atom stereocenters. The van der Waals surface area contributed by atoms with Crippen molar-refractivity contribution >= 4 is 12.6 Å². The van der Waals surface area contributed by atoms with Gasteiger partial charge in [0.05, 0.1) is 5.92 Å². The van der Waals surface area contributed by atoms with E-state index in [1.165, 1.54) is 12.1 Å². The van der Waals surface area contributed by atoms with Crippen LogP contribution in [0.5, 0.6) is 0 Å². The van der Waals surface area contributed by atoms with E-state index in [2.05, 4.69) is 12.6 Å². The minimum Gasteiger partial charge on any atom is -0.178 e. The van der Waals surface area contributed by atoms with Crippen molar-refractivity contribution in [3.8, 4) is 0 Å². The van der Waals surface area contributed by atoms with Gasteiger partial charge in [-0.25, -0.2) is 0 Å². The molecular weight excluding hydrogens is 197 g/mol. The predicted molar refractivity (Wildman–Crippen MR) is 49.1 cm³/mol. The lowest BCUT2D eigenvalue weighted by Crippen LogP contribution is -2.22. The minimum absolute atomic E-state index is 0.215. The second-order valence-corrected chi connectivity index (χ2v) is 3.05. The molecule has 0 saturated carbocycles. The Morgan fingerprint density at radius 3 is 2.08 bits per heavy atom. The van der Waals surface area contributed by atoms with Crippen LogP contribution in [0.25, 0.3) is 0 Å². The standard InChI is InChI=1S/C9H9F3S/c10-9(11,12)8(6-13)7-4-2-1-3-5-7/h1-5,8,13H,6H2. The molecule has 13 heavy (non-hydrogen) atoms. The molecule has 0 aliphatic carbocycles. The van der Waals surface area contributed by atoms with E-state index < -0.39 is 12.1 Å². The van der Waals surface area contributed by atoms with Crippen LogP contribution >= 0.6 is 12.6 Å². The van der Waals surface area contributed by atoms with Gasteiger partial charge in [-0.3, -0.25) is 0 Å². The van der Waals surface area contributed by atoms with Gasteiger partial charge in [-0.2, -0.15) is 25.8 Å². The van der Waals surface area contributed by atoms with Gasteiger partial charge in [-0.1, -0.05) is 30.3 Å². The summed E-state index contributed by atoms with van der Waals surface area (Å²) in [7, 11) is 0. The van der Waals surface area contributed by atoms with Crippen molar-refractivity contribution in [2.75, 3.05) is 5.75 Å². The van der Waals surface area contributed by atoms with Crippen LogP contribution in [-0.4, -0.2) is 11.9 Å². The lowest BCUT2D eigenvalue weighted by molar-refractivity contribution is -0.145. The van der Waals surface area contributed by atoms with E-state index in [4.69, 9.17) is 0 Å². The molecule has 0 spiro atoms. The van der Waals surface area contributed by atoms with Crippen LogP contribution < -0.4 is 0 Å². The van der Waals surface area contributed by atoms with E-state index in [0.717, 1.165) is 0 Å². The molecule has 1 atom stereocenters. The zero-order valence-electron chi connectivity index (χ0n) is 6.75. The van der Waals surface area contributed by atoms with Crippen molar-refractivity contribution in [3.05, 3.63) is 35.9 Å². The Labute approximate surface area is 80.2 Å². The Morgan fingerprint density at radius 2 is 1.69 bits per heavy atom. The van der Waals surface area contributed by atoms with Crippen LogP contribution in [0, 0.1) is 0 Å². The molecule has 0 aliphatic heterocycles. The third-order valence-corrected chi connectivity index (χ3v) is 2.14. The van der Waals surface area contributed by atoms with Gasteiger partial charge in [0.1, 0.15) is 0 Å². The first-order valence-corrected chi connectivity index (χ1v) is 4.41. The minimum atomic E-state index is -4.21. The van der Waals surface area contributed by atoms with E-state index in [1.807, 2.05) is 0 Å². The van der Waals surface area contributed by atoms with E-state index in [0.29, 0.717) is 0 Å². The van der Waals surface area contributed by atoms with Crippen molar-refractivity contribution in [3.63, 3.8) is 0 Å². The molecule has 0 bridgehead atoms. The average molecular weight is 206 g/mol. The van der Waals surface area contributed by atoms with Gasteiger partial charge in [0.2, 0.25) is 0 Å². The Morgan fingerprint density at radius 1 is 1.15 bits per heavy atom. The van der Waals surface area contributed by atoms with Crippen molar-refractivity contribution in [1.29, 1.82) is 0 Å². The molecule has 0 nitrogen and oxygen atoms in total. The molecule has 0 amide bonds. The fourth-order valence-corrected chi connectivity index (χ4v) is 1.50. The highest BCUT2D eigenvalue weighted by Crippen LogP contribution is 2.35. The molecule has 0 heterocycles. The summed E-state index contributed by atoms with van der Waals surface area (Å²) in [4.78, 5) is 0. The summed E-state index contributed by atoms with van der Waals surface area (Å²) < 4.78 is 37.1. The average Bonchev–Trinajstić information content (AvgIpc) is 2.05. The number of rotatable bonds is 2. The summed E-state index contributed by atoms with van der Waals surface area (Å²) in [6, 6.07) is 7.81. The number of alkyl halides is 3. The van der Waals surface area contributed by atoms with Gasteiger partial charge in [-0.05, 0) is 5.56 Å². The Kier molecular flexibility index (Phi) is 3.25. The molecule has 72 valence electrons. The third-order valence-electron chi connectivity index (χ3n) is 1.78. The van der Waals surface area contributed by atoms with E-state index in [9.17, 15) is 13.2 Å². The summed E-state index contributed by atoms with van der Waals surface area (Å²) in [6.07, 6.45) is -4.21. The molecule has 0 aromatic heterocycles. The topological polar surface area (TPSA) is 0 Å². The third kappa shape index (κ3) is 2.66. The normalized spacial score (nSPS) is 14.2. The first-order chi connectivity index (χ1) is 6.05. The summed E-state index contributed by atoms with van der Waals surface area (Å²) >= 11 is 3.70. The first-order valence-electron chi connectivity index (χ1n) is 3.78. The van der Waals surface area contributed by atoms with Gasteiger partial charge in [0.25, 0.3) is 0 Å². The summed E-state index contributed by atoms with van der Waals surface area (Å²) in [5.41, 5.74) is 0.269.